The lowest BCUT2D eigenvalue weighted by Gasteiger charge is -1.94. The van der Waals surface area contributed by atoms with Gasteiger partial charge in [0.2, 0.25) is 0 Å². The van der Waals surface area contributed by atoms with Crippen molar-refractivity contribution in [1.82, 2.24) is 0 Å². The highest BCUT2D eigenvalue weighted by molar-refractivity contribution is 5.49. The fourth-order valence-electron chi connectivity index (χ4n) is 1.24. The van der Waals surface area contributed by atoms with E-state index < -0.39 is 0 Å². The normalized spacial score (nSPS) is 8.82. The molecular weight excluding hydrogens is 212 g/mol. The highest BCUT2D eigenvalue weighted by atomic mass is 16.3. The van der Waals surface area contributed by atoms with Crippen molar-refractivity contribution in [1.29, 1.82) is 0 Å². The molecule has 0 amide bonds. The Balaban J connectivity index is 2.77. The third-order valence-electron chi connectivity index (χ3n) is 2.07. The van der Waals surface area contributed by atoms with Gasteiger partial charge >= 0.3 is 0 Å². The van der Waals surface area contributed by atoms with Gasteiger partial charge in [-0.15, -0.1) is 0 Å². The molecule has 0 radical (unpaired) electrons. The number of benzene rings is 1. The van der Waals surface area contributed by atoms with Crippen molar-refractivity contribution < 1.29 is 10.2 Å². The molecule has 0 saturated heterocycles. The van der Waals surface area contributed by atoms with Gasteiger partial charge in [-0.05, 0) is 18.6 Å². The summed E-state index contributed by atoms with van der Waals surface area (Å²) < 4.78 is 0. The molecule has 0 heterocycles. The molecule has 0 bridgehead atoms. The predicted octanol–water partition coefficient (Wildman–Crippen LogP) is 1.54. The molecule has 0 saturated carbocycles. The highest BCUT2D eigenvalue weighted by Gasteiger charge is 1.93. The van der Waals surface area contributed by atoms with Gasteiger partial charge in [-0.3, -0.25) is 0 Å². The molecule has 88 valence electrons. The van der Waals surface area contributed by atoms with Gasteiger partial charge < -0.3 is 10.2 Å². The fraction of sp³-hybridized carbons (Fsp3) is 0.333. The summed E-state index contributed by atoms with van der Waals surface area (Å²) in [6.07, 6.45) is 1.87. The Morgan fingerprint density at radius 1 is 0.824 bits per heavy atom. The number of aliphatic hydroxyl groups excluding tert-OH is 2. The Labute approximate surface area is 102 Å². The zero-order valence-corrected chi connectivity index (χ0v) is 9.74. The van der Waals surface area contributed by atoms with E-state index >= 15 is 0 Å². The topological polar surface area (TPSA) is 40.5 Å². The minimum Gasteiger partial charge on any atom is -0.396 e. The Bertz CT molecular complexity index is 455. The number of hydrogen-bond donors (Lipinski definition) is 2. The quantitative estimate of drug-likeness (QED) is 0.608. The van der Waals surface area contributed by atoms with E-state index in [1.54, 1.807) is 0 Å². The van der Waals surface area contributed by atoms with Gasteiger partial charge in [0.25, 0.3) is 0 Å². The number of aliphatic hydroxyl groups is 2. The maximum Gasteiger partial charge on any atom is 0.0540 e. The van der Waals surface area contributed by atoms with Gasteiger partial charge in [0, 0.05) is 30.6 Å². The van der Waals surface area contributed by atoms with Crippen LogP contribution in [-0.4, -0.2) is 23.4 Å². The van der Waals surface area contributed by atoms with Crippen LogP contribution < -0.4 is 0 Å². The average molecular weight is 228 g/mol. The van der Waals surface area contributed by atoms with Crippen molar-refractivity contribution in [2.24, 2.45) is 0 Å². The van der Waals surface area contributed by atoms with E-state index in [4.69, 9.17) is 10.2 Å². The molecule has 17 heavy (non-hydrogen) atoms. The van der Waals surface area contributed by atoms with E-state index in [0.717, 1.165) is 11.1 Å². The molecule has 0 aliphatic carbocycles. The maximum atomic E-state index is 8.66. The van der Waals surface area contributed by atoms with Crippen LogP contribution in [0.1, 0.15) is 30.4 Å². The molecular formula is C15H16O2. The molecule has 1 aromatic carbocycles. The first-order valence-corrected chi connectivity index (χ1v) is 5.67. The van der Waals surface area contributed by atoms with Crippen molar-refractivity contribution in [3.05, 3.63) is 35.4 Å². The van der Waals surface area contributed by atoms with Crippen LogP contribution in [0.5, 0.6) is 0 Å². The lowest BCUT2D eigenvalue weighted by molar-refractivity contribution is 0.290. The summed E-state index contributed by atoms with van der Waals surface area (Å²) in [5, 5.41) is 17.3. The Morgan fingerprint density at radius 2 is 1.41 bits per heavy atom. The summed E-state index contributed by atoms with van der Waals surface area (Å²) in [7, 11) is 0. The van der Waals surface area contributed by atoms with Crippen molar-refractivity contribution >= 4 is 0 Å². The molecule has 2 N–H and O–H groups in total. The molecule has 0 aliphatic heterocycles. The van der Waals surface area contributed by atoms with Crippen LogP contribution >= 0.6 is 0 Å². The molecule has 0 spiro atoms. The first-order chi connectivity index (χ1) is 8.38. The maximum absolute atomic E-state index is 8.66. The van der Waals surface area contributed by atoms with Crippen molar-refractivity contribution in [3.63, 3.8) is 0 Å². The van der Waals surface area contributed by atoms with E-state index in [-0.39, 0.29) is 13.2 Å². The minimum atomic E-state index is 0.0807. The van der Waals surface area contributed by atoms with E-state index in [0.29, 0.717) is 19.3 Å². The number of rotatable bonds is 3. The monoisotopic (exact) mass is 228 g/mol. The Hall–Kier alpha value is -1.74. The molecule has 1 aromatic rings. The van der Waals surface area contributed by atoms with Crippen LogP contribution in [0.4, 0.5) is 0 Å². The smallest absolute Gasteiger partial charge is 0.0540 e. The first kappa shape index (κ1) is 13.3. The second-order valence-electron chi connectivity index (χ2n) is 3.45. The van der Waals surface area contributed by atoms with Gasteiger partial charge in [-0.1, -0.05) is 35.8 Å². The Kier molecular flexibility index (Phi) is 6.60. The van der Waals surface area contributed by atoms with E-state index in [9.17, 15) is 0 Å². The Morgan fingerprint density at radius 3 is 1.94 bits per heavy atom. The standard InChI is InChI=1S/C15H16O2/c16-12-6-1-2-8-14-9-3-4-10-15(14)11-5-7-13-17/h3-4,9-10,16-17H,1,6-7,12-13H2. The van der Waals surface area contributed by atoms with Gasteiger partial charge in [-0.2, -0.15) is 0 Å². The highest BCUT2D eigenvalue weighted by Crippen LogP contribution is 2.05. The molecule has 2 nitrogen and oxygen atoms in total. The largest absolute Gasteiger partial charge is 0.396 e. The zero-order valence-electron chi connectivity index (χ0n) is 9.74. The third kappa shape index (κ3) is 5.22. The van der Waals surface area contributed by atoms with Crippen LogP contribution in [0, 0.1) is 23.7 Å². The molecule has 0 fully saturated rings. The van der Waals surface area contributed by atoms with Crippen molar-refractivity contribution in [2.45, 2.75) is 19.3 Å². The lowest BCUT2D eigenvalue weighted by atomic mass is 10.1. The molecule has 0 aromatic heterocycles. The second-order valence-corrected chi connectivity index (χ2v) is 3.45. The molecule has 2 heteroatoms. The molecule has 1 rings (SSSR count). The second kappa shape index (κ2) is 8.42. The predicted molar refractivity (Wildman–Crippen MR) is 68.2 cm³/mol. The van der Waals surface area contributed by atoms with Crippen molar-refractivity contribution in [3.8, 4) is 23.7 Å². The number of unbranched alkanes of at least 4 members (excludes halogenated alkanes) is 1. The first-order valence-electron chi connectivity index (χ1n) is 5.67. The van der Waals surface area contributed by atoms with E-state index in [1.165, 1.54) is 0 Å². The summed E-state index contributed by atoms with van der Waals surface area (Å²) in [5.41, 5.74) is 1.79. The van der Waals surface area contributed by atoms with Gasteiger partial charge in [0.15, 0.2) is 0 Å². The van der Waals surface area contributed by atoms with E-state index in [2.05, 4.69) is 23.7 Å². The summed E-state index contributed by atoms with van der Waals surface area (Å²) >= 11 is 0. The number of hydrogen-bond acceptors (Lipinski definition) is 2. The van der Waals surface area contributed by atoms with Crippen molar-refractivity contribution in [2.75, 3.05) is 13.2 Å². The zero-order chi connectivity index (χ0) is 12.3. The summed E-state index contributed by atoms with van der Waals surface area (Å²) in [6.45, 7) is 0.254. The molecule has 0 aliphatic rings. The van der Waals surface area contributed by atoms with E-state index in [1.807, 2.05) is 24.3 Å². The fourth-order valence-corrected chi connectivity index (χ4v) is 1.24. The average Bonchev–Trinajstić information content (AvgIpc) is 2.36. The minimum absolute atomic E-state index is 0.0807. The summed E-state index contributed by atoms with van der Waals surface area (Å²) in [4.78, 5) is 0. The summed E-state index contributed by atoms with van der Waals surface area (Å²) in [6, 6.07) is 7.68. The van der Waals surface area contributed by atoms with Crippen LogP contribution in [0.2, 0.25) is 0 Å². The third-order valence-corrected chi connectivity index (χ3v) is 2.07. The van der Waals surface area contributed by atoms with Crippen LogP contribution in [0.3, 0.4) is 0 Å². The van der Waals surface area contributed by atoms with Crippen LogP contribution in [-0.2, 0) is 0 Å². The van der Waals surface area contributed by atoms with Gasteiger partial charge in [-0.25, -0.2) is 0 Å². The van der Waals surface area contributed by atoms with Crippen LogP contribution in [0.25, 0.3) is 0 Å². The summed E-state index contributed by atoms with van der Waals surface area (Å²) in [5.74, 6) is 11.9. The molecule has 0 unspecified atom stereocenters. The molecule has 0 atom stereocenters. The van der Waals surface area contributed by atoms with Gasteiger partial charge in [0.1, 0.15) is 0 Å². The lowest BCUT2D eigenvalue weighted by Crippen LogP contribution is -1.84. The van der Waals surface area contributed by atoms with Crippen LogP contribution in [0.15, 0.2) is 24.3 Å². The SMILES string of the molecule is OCCC#Cc1ccccc1C#CCCCO. The van der Waals surface area contributed by atoms with Gasteiger partial charge in [0.05, 0.1) is 6.61 Å².